The first-order valence-corrected chi connectivity index (χ1v) is 8.24. The average Bonchev–Trinajstić information content (AvgIpc) is 2.37. The van der Waals surface area contributed by atoms with Gasteiger partial charge in [0.05, 0.1) is 4.90 Å². The van der Waals surface area contributed by atoms with Crippen LogP contribution >= 0.6 is 0 Å². The molecule has 1 fully saturated rings. The highest BCUT2D eigenvalue weighted by Crippen LogP contribution is 2.28. The fraction of sp³-hybridized carbons (Fsp3) is 0.571. The lowest BCUT2D eigenvalue weighted by atomic mass is 9.83. The third-order valence-electron chi connectivity index (χ3n) is 3.75. The van der Waals surface area contributed by atoms with Gasteiger partial charge in [-0.15, -0.1) is 0 Å². The number of nitrogens with one attached hydrogen (secondary N) is 1. The van der Waals surface area contributed by atoms with Crippen LogP contribution in [0, 0.1) is 11.8 Å². The van der Waals surface area contributed by atoms with E-state index in [0.717, 1.165) is 12.8 Å². The monoisotopic (exact) mass is 283 g/mol. The van der Waals surface area contributed by atoms with E-state index < -0.39 is 10.0 Å². The Morgan fingerprint density at radius 1 is 1.26 bits per heavy atom. The topological polar surface area (TPSA) is 66.4 Å². The molecule has 106 valence electrons. The van der Waals surface area contributed by atoms with Crippen molar-refractivity contribution in [2.75, 3.05) is 6.54 Å². The van der Waals surface area contributed by atoms with Gasteiger partial charge in [-0.25, -0.2) is 13.1 Å². The molecule has 1 aromatic rings. The Morgan fingerprint density at radius 2 is 1.95 bits per heavy atom. The highest BCUT2D eigenvalue weighted by molar-refractivity contribution is 7.89. The zero-order chi connectivity index (χ0) is 13.9. The Bertz CT molecular complexity index is 510. The molecule has 0 bridgehead atoms. The predicted octanol–water partition coefficient (Wildman–Crippen LogP) is 2.50. The van der Waals surface area contributed by atoms with E-state index >= 15 is 0 Å². The molecule has 0 aromatic heterocycles. The molecule has 1 saturated carbocycles. The minimum Gasteiger partial charge on any atom is -0.508 e. The second-order valence-corrected chi connectivity index (χ2v) is 7.25. The van der Waals surface area contributed by atoms with Crippen molar-refractivity contribution in [3.05, 3.63) is 24.3 Å². The molecule has 0 radical (unpaired) electrons. The zero-order valence-corrected chi connectivity index (χ0v) is 12.0. The van der Waals surface area contributed by atoms with Gasteiger partial charge in [0.15, 0.2) is 0 Å². The molecule has 0 aliphatic heterocycles. The van der Waals surface area contributed by atoms with Crippen molar-refractivity contribution < 1.29 is 13.5 Å². The van der Waals surface area contributed by atoms with Gasteiger partial charge in [0.25, 0.3) is 0 Å². The van der Waals surface area contributed by atoms with Crippen molar-refractivity contribution in [1.82, 2.24) is 4.72 Å². The first-order chi connectivity index (χ1) is 8.97. The molecular weight excluding hydrogens is 262 g/mol. The lowest BCUT2D eigenvalue weighted by Crippen LogP contribution is -2.31. The molecule has 4 nitrogen and oxygen atoms in total. The fourth-order valence-electron chi connectivity index (χ4n) is 2.68. The van der Waals surface area contributed by atoms with Crippen molar-refractivity contribution >= 4 is 10.0 Å². The van der Waals surface area contributed by atoms with Crippen LogP contribution in [0.2, 0.25) is 0 Å². The van der Waals surface area contributed by atoms with E-state index in [2.05, 4.69) is 11.6 Å². The highest BCUT2D eigenvalue weighted by atomic mass is 32.2. The summed E-state index contributed by atoms with van der Waals surface area (Å²) in [6.45, 7) is 2.73. The van der Waals surface area contributed by atoms with Crippen molar-refractivity contribution in [2.24, 2.45) is 11.8 Å². The van der Waals surface area contributed by atoms with Crippen LogP contribution in [0.4, 0.5) is 0 Å². The van der Waals surface area contributed by atoms with Gasteiger partial charge in [-0.1, -0.05) is 19.8 Å². The molecule has 2 N–H and O–H groups in total. The summed E-state index contributed by atoms with van der Waals surface area (Å²) in [4.78, 5) is 0.203. The van der Waals surface area contributed by atoms with E-state index in [9.17, 15) is 13.5 Å². The molecule has 1 aliphatic carbocycles. The van der Waals surface area contributed by atoms with E-state index in [1.807, 2.05) is 0 Å². The van der Waals surface area contributed by atoms with Crippen LogP contribution in [0.25, 0.3) is 0 Å². The smallest absolute Gasteiger partial charge is 0.240 e. The number of rotatable bonds is 4. The van der Waals surface area contributed by atoms with Crippen LogP contribution in [-0.2, 0) is 10.0 Å². The van der Waals surface area contributed by atoms with E-state index in [1.165, 1.54) is 37.1 Å². The Labute approximate surface area is 114 Å². The summed E-state index contributed by atoms with van der Waals surface area (Å²) < 4.78 is 26.8. The second kappa shape index (κ2) is 5.92. The van der Waals surface area contributed by atoms with Gasteiger partial charge in [-0.05, 0) is 48.9 Å². The largest absolute Gasteiger partial charge is 0.508 e. The highest BCUT2D eigenvalue weighted by Gasteiger charge is 2.21. The standard InChI is InChI=1S/C14H21NO3S/c1-11-3-2-4-12(9-11)10-15-19(17,18)14-7-5-13(16)6-8-14/h5-8,11-12,15-16H,2-4,9-10H2,1H3. The molecule has 2 rings (SSSR count). The SMILES string of the molecule is CC1CCCC(CNS(=O)(=O)c2ccc(O)cc2)C1. The Balaban J connectivity index is 1.96. The third-order valence-corrected chi connectivity index (χ3v) is 5.19. The van der Waals surface area contributed by atoms with Gasteiger partial charge in [-0.3, -0.25) is 0 Å². The van der Waals surface area contributed by atoms with E-state index in [0.29, 0.717) is 18.4 Å². The maximum absolute atomic E-state index is 12.1. The number of phenolic OH excluding ortho intramolecular Hbond substituents is 1. The molecular formula is C14H21NO3S. The number of hydrogen-bond acceptors (Lipinski definition) is 3. The van der Waals surface area contributed by atoms with Gasteiger partial charge in [0, 0.05) is 6.54 Å². The van der Waals surface area contributed by atoms with Gasteiger partial charge in [0.1, 0.15) is 5.75 Å². The quantitative estimate of drug-likeness (QED) is 0.892. The molecule has 2 unspecified atom stereocenters. The van der Waals surface area contributed by atoms with Crippen molar-refractivity contribution in [1.29, 1.82) is 0 Å². The Morgan fingerprint density at radius 3 is 2.58 bits per heavy atom. The summed E-state index contributed by atoms with van der Waals surface area (Å²) in [6, 6.07) is 5.61. The third kappa shape index (κ3) is 3.94. The fourth-order valence-corrected chi connectivity index (χ4v) is 3.80. The lowest BCUT2D eigenvalue weighted by Gasteiger charge is -2.26. The Hall–Kier alpha value is -1.07. The molecule has 5 heteroatoms. The van der Waals surface area contributed by atoms with Crippen LogP contribution in [0.15, 0.2) is 29.2 Å². The van der Waals surface area contributed by atoms with Gasteiger partial charge < -0.3 is 5.11 Å². The first-order valence-electron chi connectivity index (χ1n) is 6.76. The maximum atomic E-state index is 12.1. The summed E-state index contributed by atoms with van der Waals surface area (Å²) in [6.07, 6.45) is 4.63. The predicted molar refractivity (Wildman–Crippen MR) is 74.4 cm³/mol. The second-order valence-electron chi connectivity index (χ2n) is 5.48. The number of hydrogen-bond donors (Lipinski definition) is 2. The van der Waals surface area contributed by atoms with Crippen LogP contribution < -0.4 is 4.72 Å². The molecule has 1 aliphatic rings. The maximum Gasteiger partial charge on any atom is 0.240 e. The Kier molecular flexibility index (Phi) is 4.47. The molecule has 0 saturated heterocycles. The molecule has 0 amide bonds. The van der Waals surface area contributed by atoms with Crippen LogP contribution in [0.1, 0.15) is 32.6 Å². The molecule has 0 heterocycles. The molecule has 19 heavy (non-hydrogen) atoms. The number of sulfonamides is 1. The number of benzene rings is 1. The van der Waals surface area contributed by atoms with Crippen molar-refractivity contribution in [3.63, 3.8) is 0 Å². The molecule has 1 aromatic carbocycles. The molecule has 2 atom stereocenters. The lowest BCUT2D eigenvalue weighted by molar-refractivity contribution is 0.283. The van der Waals surface area contributed by atoms with E-state index in [1.54, 1.807) is 0 Å². The summed E-state index contributed by atoms with van der Waals surface area (Å²) in [5, 5.41) is 9.17. The van der Waals surface area contributed by atoms with Crippen LogP contribution in [0.5, 0.6) is 5.75 Å². The van der Waals surface area contributed by atoms with Crippen LogP contribution in [0.3, 0.4) is 0 Å². The van der Waals surface area contributed by atoms with Gasteiger partial charge >= 0.3 is 0 Å². The normalized spacial score (nSPS) is 24.3. The van der Waals surface area contributed by atoms with Gasteiger partial charge in [0.2, 0.25) is 10.0 Å². The summed E-state index contributed by atoms with van der Waals surface area (Å²) >= 11 is 0. The minimum atomic E-state index is -3.46. The number of phenols is 1. The summed E-state index contributed by atoms with van der Waals surface area (Å²) in [5.41, 5.74) is 0. The van der Waals surface area contributed by atoms with Crippen LogP contribution in [-0.4, -0.2) is 20.1 Å². The molecule has 0 spiro atoms. The van der Waals surface area contributed by atoms with Crippen molar-refractivity contribution in [3.8, 4) is 5.75 Å². The zero-order valence-electron chi connectivity index (χ0n) is 11.2. The van der Waals surface area contributed by atoms with E-state index in [-0.39, 0.29) is 10.6 Å². The number of aromatic hydroxyl groups is 1. The first kappa shape index (κ1) is 14.3. The average molecular weight is 283 g/mol. The summed E-state index contributed by atoms with van der Waals surface area (Å²) in [7, 11) is -3.46. The van der Waals surface area contributed by atoms with E-state index in [4.69, 9.17) is 0 Å². The minimum absolute atomic E-state index is 0.0695. The van der Waals surface area contributed by atoms with Crippen molar-refractivity contribution in [2.45, 2.75) is 37.5 Å². The summed E-state index contributed by atoms with van der Waals surface area (Å²) in [5.74, 6) is 1.20. The van der Waals surface area contributed by atoms with Gasteiger partial charge in [-0.2, -0.15) is 0 Å².